The van der Waals surface area contributed by atoms with Crippen molar-refractivity contribution in [3.8, 4) is 33.4 Å². The van der Waals surface area contributed by atoms with Crippen LogP contribution >= 0.6 is 0 Å². The van der Waals surface area contributed by atoms with Crippen molar-refractivity contribution >= 4 is 33.6 Å². The molecule has 0 aliphatic carbocycles. The molecule has 0 fully saturated rings. The molecule has 7 aromatic carbocycles. The van der Waals surface area contributed by atoms with E-state index in [0.717, 1.165) is 72.6 Å². The lowest BCUT2D eigenvalue weighted by atomic mass is 9.96. The first kappa shape index (κ1) is 28.7. The Morgan fingerprint density at radius 2 is 0.878 bits per heavy atom. The lowest BCUT2D eigenvalue weighted by Gasteiger charge is -2.23. The van der Waals surface area contributed by atoms with Gasteiger partial charge in [0.2, 0.25) is 0 Å². The van der Waals surface area contributed by atoms with E-state index in [4.69, 9.17) is 14.4 Å². The van der Waals surface area contributed by atoms with Gasteiger partial charge >= 0.3 is 0 Å². The van der Waals surface area contributed by atoms with Gasteiger partial charge in [0, 0.05) is 21.9 Å². The first-order valence-corrected chi connectivity index (χ1v) is 16.5. The molecule has 0 amide bonds. The Bertz CT molecular complexity index is 2510. The average Bonchev–Trinajstić information content (AvgIpc) is 3.58. The predicted molar refractivity (Wildman–Crippen MR) is 202 cm³/mol. The molecule has 1 unspecified atom stereocenters. The second-order valence-electron chi connectivity index (χ2n) is 12.2. The highest BCUT2D eigenvalue weighted by Crippen LogP contribution is 2.39. The van der Waals surface area contributed by atoms with Crippen molar-refractivity contribution in [2.75, 3.05) is 0 Å². The molecule has 0 bridgehead atoms. The number of fused-ring (bicyclic) bond motifs is 3. The molecule has 1 aromatic heterocycles. The number of nitrogens with zero attached hydrogens (tertiary/aromatic N) is 2. The number of benzene rings is 7. The Hall–Kier alpha value is -6.52. The summed E-state index contributed by atoms with van der Waals surface area (Å²) in [5.74, 6) is 1.53. The summed E-state index contributed by atoms with van der Waals surface area (Å²) >= 11 is 0. The van der Waals surface area contributed by atoms with E-state index in [9.17, 15) is 0 Å². The van der Waals surface area contributed by atoms with E-state index in [0.29, 0.717) is 0 Å². The smallest absolute Gasteiger partial charge is 0.169 e. The summed E-state index contributed by atoms with van der Waals surface area (Å²) in [6, 6.07) is 61.0. The van der Waals surface area contributed by atoms with Crippen molar-refractivity contribution in [2.24, 2.45) is 9.98 Å². The zero-order valence-electron chi connectivity index (χ0n) is 26.6. The second-order valence-corrected chi connectivity index (χ2v) is 12.2. The maximum absolute atomic E-state index is 6.46. The Kier molecular flexibility index (Phi) is 7.17. The molecule has 1 aliphatic heterocycles. The van der Waals surface area contributed by atoms with Crippen LogP contribution in [0.5, 0.6) is 0 Å². The van der Waals surface area contributed by atoms with E-state index < -0.39 is 6.17 Å². The highest BCUT2D eigenvalue weighted by molar-refractivity contribution is 6.25. The lowest BCUT2D eigenvalue weighted by Crippen LogP contribution is -2.36. The van der Waals surface area contributed by atoms with Gasteiger partial charge in [0.05, 0.1) is 0 Å². The fourth-order valence-corrected chi connectivity index (χ4v) is 6.79. The molecule has 1 N–H and O–H groups in total. The minimum atomic E-state index is -0.453. The van der Waals surface area contributed by atoms with Crippen LogP contribution in [0.15, 0.2) is 190 Å². The molecular weight excluding hydrogens is 599 g/mol. The van der Waals surface area contributed by atoms with Gasteiger partial charge in [0.25, 0.3) is 0 Å². The zero-order valence-corrected chi connectivity index (χ0v) is 26.6. The molecule has 2 heterocycles. The number of furan rings is 1. The van der Waals surface area contributed by atoms with Crippen LogP contribution < -0.4 is 5.32 Å². The topological polar surface area (TPSA) is 49.9 Å². The Morgan fingerprint density at radius 1 is 0.388 bits per heavy atom. The second kappa shape index (κ2) is 12.3. The van der Waals surface area contributed by atoms with Crippen molar-refractivity contribution < 1.29 is 4.42 Å². The van der Waals surface area contributed by atoms with E-state index in [1.807, 2.05) is 48.5 Å². The predicted octanol–water partition coefficient (Wildman–Crippen LogP) is 11.1. The van der Waals surface area contributed by atoms with Crippen molar-refractivity contribution in [1.29, 1.82) is 0 Å². The Morgan fingerprint density at radius 3 is 1.57 bits per heavy atom. The van der Waals surface area contributed by atoms with Gasteiger partial charge in [-0.2, -0.15) is 0 Å². The van der Waals surface area contributed by atoms with Crippen LogP contribution in [-0.2, 0) is 0 Å². The van der Waals surface area contributed by atoms with Crippen LogP contribution in [0.1, 0.15) is 22.9 Å². The maximum Gasteiger partial charge on any atom is 0.169 e. The summed E-state index contributed by atoms with van der Waals surface area (Å²) < 4.78 is 6.46. The van der Waals surface area contributed by atoms with Crippen LogP contribution in [0.3, 0.4) is 0 Å². The van der Waals surface area contributed by atoms with Gasteiger partial charge in [0.1, 0.15) is 22.8 Å². The van der Waals surface area contributed by atoms with E-state index in [-0.39, 0.29) is 0 Å². The molecule has 8 aromatic rings. The standard InChI is InChI=1S/C45H31N3O/c1-4-14-30(15-5-1)33-20-10-21-34(28-33)35-22-11-23-36(29-35)44-46-43(32-18-8-3-9-19-32)47-45(48-44)38-25-13-27-40-42(38)41-37(24-12-26-39(41)49-40)31-16-6-2-7-17-31/h1-29,44H,(H,46,47,48). The molecule has 4 heteroatoms. The van der Waals surface area contributed by atoms with Crippen LogP contribution in [0.4, 0.5) is 0 Å². The molecule has 1 atom stereocenters. The SMILES string of the molecule is c1ccc(C2=NC(c3cccc(-c4cccc(-c5ccccc5)c4)c3)N=C(c3cccc4oc5cccc(-c6ccccc6)c5c34)N2)cc1. The third-order valence-corrected chi connectivity index (χ3v) is 9.14. The van der Waals surface area contributed by atoms with Crippen LogP contribution in [0.25, 0.3) is 55.3 Å². The number of nitrogens with one attached hydrogen (secondary N) is 1. The monoisotopic (exact) mass is 629 g/mol. The quantitative estimate of drug-likeness (QED) is 0.199. The normalized spacial score (nSPS) is 14.3. The van der Waals surface area contributed by atoms with Gasteiger partial charge in [0.15, 0.2) is 6.17 Å². The largest absolute Gasteiger partial charge is 0.456 e. The van der Waals surface area contributed by atoms with E-state index in [2.05, 4.69) is 133 Å². The molecular formula is C45H31N3O. The fourth-order valence-electron chi connectivity index (χ4n) is 6.79. The van der Waals surface area contributed by atoms with Gasteiger partial charge in [-0.15, -0.1) is 0 Å². The van der Waals surface area contributed by atoms with E-state index in [1.165, 1.54) is 11.1 Å². The summed E-state index contributed by atoms with van der Waals surface area (Å²) in [7, 11) is 0. The van der Waals surface area contributed by atoms with E-state index in [1.54, 1.807) is 0 Å². The third-order valence-electron chi connectivity index (χ3n) is 9.14. The highest BCUT2D eigenvalue weighted by atomic mass is 16.3. The van der Waals surface area contributed by atoms with Gasteiger partial charge in [-0.05, 0) is 63.2 Å². The number of rotatable bonds is 6. The number of hydrogen-bond acceptors (Lipinski definition) is 4. The average molecular weight is 630 g/mol. The Balaban J connectivity index is 1.19. The minimum absolute atomic E-state index is 0.453. The molecule has 9 rings (SSSR count). The van der Waals surface area contributed by atoms with Gasteiger partial charge < -0.3 is 9.73 Å². The molecule has 0 spiro atoms. The van der Waals surface area contributed by atoms with Gasteiger partial charge in [-0.1, -0.05) is 152 Å². The summed E-state index contributed by atoms with van der Waals surface area (Å²) in [5, 5.41) is 5.73. The van der Waals surface area contributed by atoms with Crippen LogP contribution in [0.2, 0.25) is 0 Å². The van der Waals surface area contributed by atoms with Crippen molar-refractivity contribution in [1.82, 2.24) is 5.32 Å². The summed E-state index contributed by atoms with van der Waals surface area (Å²) in [4.78, 5) is 10.5. The van der Waals surface area contributed by atoms with Crippen LogP contribution in [0, 0.1) is 0 Å². The molecule has 4 nitrogen and oxygen atoms in total. The first-order valence-electron chi connectivity index (χ1n) is 16.5. The van der Waals surface area contributed by atoms with E-state index >= 15 is 0 Å². The molecule has 0 saturated heterocycles. The number of hydrogen-bond donors (Lipinski definition) is 1. The van der Waals surface area contributed by atoms with Crippen molar-refractivity contribution in [3.05, 3.63) is 193 Å². The summed E-state index contributed by atoms with van der Waals surface area (Å²) in [6.07, 6.45) is -0.453. The first-order chi connectivity index (χ1) is 24.3. The fraction of sp³-hybridized carbons (Fsp3) is 0.0222. The van der Waals surface area contributed by atoms with Crippen molar-refractivity contribution in [2.45, 2.75) is 6.17 Å². The molecule has 0 saturated carbocycles. The van der Waals surface area contributed by atoms with Crippen molar-refractivity contribution in [3.63, 3.8) is 0 Å². The lowest BCUT2D eigenvalue weighted by molar-refractivity contribution is 0.669. The summed E-state index contributed by atoms with van der Waals surface area (Å²) in [5.41, 5.74) is 11.6. The van der Waals surface area contributed by atoms with Crippen LogP contribution in [-0.4, -0.2) is 11.7 Å². The zero-order chi connectivity index (χ0) is 32.6. The Labute approximate surface area is 284 Å². The number of amidine groups is 2. The molecule has 232 valence electrons. The third kappa shape index (κ3) is 5.39. The maximum atomic E-state index is 6.46. The van der Waals surface area contributed by atoms with Gasteiger partial charge in [-0.3, -0.25) is 0 Å². The van der Waals surface area contributed by atoms with Gasteiger partial charge in [-0.25, -0.2) is 9.98 Å². The molecule has 49 heavy (non-hydrogen) atoms. The minimum Gasteiger partial charge on any atom is -0.456 e. The summed E-state index contributed by atoms with van der Waals surface area (Å²) in [6.45, 7) is 0. The highest BCUT2D eigenvalue weighted by Gasteiger charge is 2.24. The number of aliphatic imine (C=N–C) groups is 2. The molecule has 0 radical (unpaired) electrons. The molecule has 1 aliphatic rings.